The van der Waals surface area contributed by atoms with E-state index in [-0.39, 0.29) is 0 Å². The quantitative estimate of drug-likeness (QED) is 0.430. The number of ether oxygens (including phenoxy) is 3. The van der Waals surface area contributed by atoms with E-state index in [4.69, 9.17) is 19.2 Å². The average molecular weight is 419 g/mol. The van der Waals surface area contributed by atoms with E-state index < -0.39 is 0 Å². The van der Waals surface area contributed by atoms with Crippen LogP contribution in [0.4, 0.5) is 11.4 Å². The van der Waals surface area contributed by atoms with Crippen LogP contribution in [0.15, 0.2) is 55.0 Å². The summed E-state index contributed by atoms with van der Waals surface area (Å²) in [7, 11) is 6.86. The third-order valence-electron chi connectivity index (χ3n) is 5.01. The number of nitrogens with zero attached hydrogens (tertiary/aromatic N) is 5. The predicted molar refractivity (Wildman–Crippen MR) is 120 cm³/mol. The first-order chi connectivity index (χ1) is 15.1. The molecule has 160 valence electrons. The monoisotopic (exact) mass is 419 g/mol. The largest absolute Gasteiger partial charge is 0.497 e. The molecule has 0 amide bonds. The van der Waals surface area contributed by atoms with Crippen molar-refractivity contribution < 1.29 is 14.2 Å². The van der Waals surface area contributed by atoms with Crippen LogP contribution in [0.3, 0.4) is 0 Å². The van der Waals surface area contributed by atoms with Crippen LogP contribution in [0.5, 0.6) is 11.5 Å². The van der Waals surface area contributed by atoms with Crippen molar-refractivity contribution in [2.75, 3.05) is 39.4 Å². The molecule has 0 fully saturated rings. The Kier molecular flexibility index (Phi) is 5.99. The fourth-order valence-electron chi connectivity index (χ4n) is 3.40. The van der Waals surface area contributed by atoms with Crippen LogP contribution < -0.4 is 14.4 Å². The Balaban J connectivity index is 1.78. The van der Waals surface area contributed by atoms with Crippen LogP contribution in [0, 0.1) is 0 Å². The zero-order chi connectivity index (χ0) is 21.8. The van der Waals surface area contributed by atoms with Crippen molar-refractivity contribution in [1.82, 2.24) is 19.7 Å². The third kappa shape index (κ3) is 4.44. The van der Waals surface area contributed by atoms with Gasteiger partial charge in [-0.25, -0.2) is 4.98 Å². The van der Waals surface area contributed by atoms with Crippen molar-refractivity contribution in [1.29, 1.82) is 0 Å². The van der Waals surface area contributed by atoms with Gasteiger partial charge in [-0.2, -0.15) is 5.10 Å². The van der Waals surface area contributed by atoms with Gasteiger partial charge in [0.05, 0.1) is 49.9 Å². The number of hydrogen-bond donors (Lipinski definition) is 0. The number of aryl methyl sites for hydroxylation is 1. The topological polar surface area (TPSA) is 74.5 Å². The van der Waals surface area contributed by atoms with Crippen LogP contribution in [0.1, 0.15) is 0 Å². The Labute approximate surface area is 181 Å². The molecule has 4 rings (SSSR count). The number of anilines is 2. The molecule has 8 nitrogen and oxygen atoms in total. The highest BCUT2D eigenvalue weighted by Crippen LogP contribution is 2.34. The van der Waals surface area contributed by atoms with Crippen LogP contribution in [-0.4, -0.2) is 54.2 Å². The van der Waals surface area contributed by atoms with Crippen LogP contribution in [-0.2, 0) is 11.8 Å². The van der Waals surface area contributed by atoms with Gasteiger partial charge < -0.3 is 19.1 Å². The van der Waals surface area contributed by atoms with Gasteiger partial charge in [0.1, 0.15) is 11.5 Å². The summed E-state index contributed by atoms with van der Waals surface area (Å²) in [6.45, 7) is 1.20. The van der Waals surface area contributed by atoms with Crippen LogP contribution in [0.2, 0.25) is 0 Å². The molecule has 0 atom stereocenters. The summed E-state index contributed by atoms with van der Waals surface area (Å²) in [6, 6.07) is 11.8. The molecule has 0 spiro atoms. The highest BCUT2D eigenvalue weighted by molar-refractivity contribution is 5.82. The van der Waals surface area contributed by atoms with E-state index in [0.717, 1.165) is 45.2 Å². The van der Waals surface area contributed by atoms with Crippen molar-refractivity contribution in [3.05, 3.63) is 55.0 Å². The molecular formula is C23H25N5O3. The molecule has 0 radical (unpaired) electrons. The molecule has 0 saturated heterocycles. The lowest BCUT2D eigenvalue weighted by molar-refractivity contribution is 0.207. The van der Waals surface area contributed by atoms with Gasteiger partial charge in [0.25, 0.3) is 0 Å². The van der Waals surface area contributed by atoms with Crippen LogP contribution in [0.25, 0.3) is 22.3 Å². The number of rotatable bonds is 8. The van der Waals surface area contributed by atoms with Gasteiger partial charge in [-0.05, 0) is 18.2 Å². The second kappa shape index (κ2) is 9.01. The molecule has 0 N–H and O–H groups in total. The number of hydrogen-bond acceptors (Lipinski definition) is 7. The molecular weight excluding hydrogens is 394 g/mol. The maximum atomic E-state index is 5.46. The normalized spacial score (nSPS) is 11.0. The lowest BCUT2D eigenvalue weighted by Gasteiger charge is -2.26. The van der Waals surface area contributed by atoms with Gasteiger partial charge >= 0.3 is 0 Å². The lowest BCUT2D eigenvalue weighted by atomic mass is 10.2. The molecule has 8 heteroatoms. The first kappa shape index (κ1) is 20.6. The third-order valence-corrected chi connectivity index (χ3v) is 5.01. The fraction of sp³-hybridized carbons (Fsp3) is 0.261. The second-order valence-corrected chi connectivity index (χ2v) is 7.05. The van der Waals surface area contributed by atoms with Crippen molar-refractivity contribution in [2.24, 2.45) is 7.05 Å². The Morgan fingerprint density at radius 2 is 1.68 bits per heavy atom. The Hall–Kier alpha value is -3.65. The van der Waals surface area contributed by atoms with E-state index in [9.17, 15) is 0 Å². The molecule has 2 aromatic carbocycles. The van der Waals surface area contributed by atoms with E-state index in [1.807, 2.05) is 49.6 Å². The number of benzene rings is 2. The summed E-state index contributed by atoms with van der Waals surface area (Å²) in [5.74, 6) is 1.44. The summed E-state index contributed by atoms with van der Waals surface area (Å²) in [5.41, 5.74) is 5.24. The highest BCUT2D eigenvalue weighted by Gasteiger charge is 2.14. The smallest absolute Gasteiger partial charge is 0.124 e. The summed E-state index contributed by atoms with van der Waals surface area (Å²) >= 11 is 0. The van der Waals surface area contributed by atoms with Gasteiger partial charge in [0, 0.05) is 62.0 Å². The highest BCUT2D eigenvalue weighted by atomic mass is 16.5. The van der Waals surface area contributed by atoms with Gasteiger partial charge in [0.15, 0.2) is 0 Å². The van der Waals surface area contributed by atoms with E-state index in [2.05, 4.69) is 15.0 Å². The Bertz CT molecular complexity index is 1170. The maximum absolute atomic E-state index is 5.46. The maximum Gasteiger partial charge on any atom is 0.124 e. The number of aromatic nitrogens is 4. The van der Waals surface area contributed by atoms with E-state index in [0.29, 0.717) is 13.2 Å². The van der Waals surface area contributed by atoms with E-state index in [1.54, 1.807) is 38.4 Å². The molecule has 0 aliphatic heterocycles. The van der Waals surface area contributed by atoms with Crippen molar-refractivity contribution in [3.8, 4) is 22.8 Å². The minimum Gasteiger partial charge on any atom is -0.497 e. The summed E-state index contributed by atoms with van der Waals surface area (Å²) in [6.07, 6.45) is 5.48. The molecule has 0 aliphatic rings. The van der Waals surface area contributed by atoms with Gasteiger partial charge in [-0.1, -0.05) is 0 Å². The summed E-state index contributed by atoms with van der Waals surface area (Å²) in [4.78, 5) is 11.5. The second-order valence-electron chi connectivity index (χ2n) is 7.05. The minimum absolute atomic E-state index is 0.555. The first-order valence-corrected chi connectivity index (χ1v) is 9.86. The zero-order valence-electron chi connectivity index (χ0n) is 18.1. The van der Waals surface area contributed by atoms with E-state index in [1.165, 1.54) is 0 Å². The average Bonchev–Trinajstić information content (AvgIpc) is 3.24. The van der Waals surface area contributed by atoms with Crippen molar-refractivity contribution >= 4 is 22.4 Å². The standard InChI is InChI=1S/C23H25N5O3/c1-27-15-16(13-25-27)23-14-24-21-6-5-17(11-22(21)26-23)28(7-8-29-2)18-9-19(30-3)12-20(10-18)31-4/h5-6,9-15H,7-8H2,1-4H3. The first-order valence-electron chi connectivity index (χ1n) is 9.86. The molecule has 0 bridgehead atoms. The summed E-state index contributed by atoms with van der Waals surface area (Å²) < 4.78 is 18.0. The van der Waals surface area contributed by atoms with Crippen molar-refractivity contribution in [2.45, 2.75) is 0 Å². The summed E-state index contributed by atoms with van der Waals surface area (Å²) in [5, 5.41) is 4.23. The molecule has 0 aliphatic carbocycles. The number of fused-ring (bicyclic) bond motifs is 1. The molecule has 31 heavy (non-hydrogen) atoms. The zero-order valence-corrected chi connectivity index (χ0v) is 18.1. The predicted octanol–water partition coefficient (Wildman–Crippen LogP) is 3.83. The van der Waals surface area contributed by atoms with E-state index >= 15 is 0 Å². The SMILES string of the molecule is COCCN(c1cc(OC)cc(OC)c1)c1ccc2ncc(-c3cnn(C)c3)nc2c1. The minimum atomic E-state index is 0.555. The molecule has 0 saturated carbocycles. The fourth-order valence-corrected chi connectivity index (χ4v) is 3.40. The van der Waals surface area contributed by atoms with Gasteiger partial charge in [-0.3, -0.25) is 9.67 Å². The molecule has 2 heterocycles. The number of methoxy groups -OCH3 is 3. The Morgan fingerprint density at radius 1 is 0.903 bits per heavy atom. The molecule has 4 aromatic rings. The van der Waals surface area contributed by atoms with Gasteiger partial charge in [0.2, 0.25) is 0 Å². The Morgan fingerprint density at radius 3 is 2.32 bits per heavy atom. The van der Waals surface area contributed by atoms with Gasteiger partial charge in [-0.15, -0.1) is 0 Å². The molecule has 0 unspecified atom stereocenters. The molecule has 2 aromatic heterocycles. The van der Waals surface area contributed by atoms with Crippen molar-refractivity contribution in [3.63, 3.8) is 0 Å². The van der Waals surface area contributed by atoms with Crippen LogP contribution >= 0.6 is 0 Å². The lowest BCUT2D eigenvalue weighted by Crippen LogP contribution is -2.22.